The molecule has 0 amide bonds. The number of rotatable bonds is 8. The summed E-state index contributed by atoms with van der Waals surface area (Å²) in [4.78, 5) is 28.2. The molecular weight excluding hydrogens is 332 g/mol. The van der Waals surface area contributed by atoms with Gasteiger partial charge in [-0.2, -0.15) is 0 Å². The Kier molecular flexibility index (Phi) is 5.80. The maximum absolute atomic E-state index is 13.0. The number of carbonyl (C=O) groups is 2. The van der Waals surface area contributed by atoms with Gasteiger partial charge in [-0.1, -0.05) is 19.6 Å². The first-order valence-corrected chi connectivity index (χ1v) is 7.68. The summed E-state index contributed by atoms with van der Waals surface area (Å²) in [5, 5.41) is 0. The largest absolute Gasteiger partial charge is 0.586 e. The number of hydrogen-bond donors (Lipinski definition) is 0. The first-order valence-electron chi connectivity index (χ1n) is 7.68. The molecule has 0 aliphatic carbocycles. The summed E-state index contributed by atoms with van der Waals surface area (Å²) in [7, 11) is 0. The molecule has 1 aromatic rings. The van der Waals surface area contributed by atoms with Crippen molar-refractivity contribution in [3.8, 4) is 11.5 Å². The molecule has 2 rings (SSSR count). The third kappa shape index (κ3) is 4.82. The van der Waals surface area contributed by atoms with Crippen molar-refractivity contribution < 1.29 is 27.8 Å². The topological polar surface area (TPSA) is 65.0 Å². The van der Waals surface area contributed by atoms with Crippen molar-refractivity contribution in [2.24, 2.45) is 4.99 Å². The number of fused-ring (bicyclic) bond motifs is 1. The lowest BCUT2D eigenvalue weighted by atomic mass is 10.0. The molecule has 0 fully saturated rings. The van der Waals surface area contributed by atoms with E-state index < -0.39 is 6.29 Å². The smallest absolute Gasteiger partial charge is 0.395 e. The Morgan fingerprint density at radius 2 is 1.96 bits per heavy atom. The van der Waals surface area contributed by atoms with E-state index in [1.54, 1.807) is 12.2 Å². The van der Waals surface area contributed by atoms with E-state index in [4.69, 9.17) is 0 Å². The highest BCUT2D eigenvalue weighted by Gasteiger charge is 2.43. The molecule has 1 aliphatic heterocycles. The molecule has 5 nitrogen and oxygen atoms in total. The van der Waals surface area contributed by atoms with Gasteiger partial charge in [-0.25, -0.2) is 0 Å². The van der Waals surface area contributed by atoms with Gasteiger partial charge >= 0.3 is 6.29 Å². The number of alkyl halides is 2. The van der Waals surface area contributed by atoms with Crippen molar-refractivity contribution in [2.45, 2.75) is 32.5 Å². The number of hydrogen-bond acceptors (Lipinski definition) is 5. The van der Waals surface area contributed by atoms with Crippen LogP contribution in [0.15, 0.2) is 48.1 Å². The van der Waals surface area contributed by atoms with E-state index >= 15 is 0 Å². The van der Waals surface area contributed by atoms with E-state index in [-0.39, 0.29) is 47.2 Å². The highest BCUT2D eigenvalue weighted by atomic mass is 19.3. The summed E-state index contributed by atoms with van der Waals surface area (Å²) >= 11 is 0. The predicted molar refractivity (Wildman–Crippen MR) is 88.3 cm³/mol. The van der Waals surface area contributed by atoms with E-state index in [0.29, 0.717) is 0 Å². The lowest BCUT2D eigenvalue weighted by Gasteiger charge is -2.04. The summed E-state index contributed by atoms with van der Waals surface area (Å²) in [5.74, 6) is -1.01. The zero-order valence-corrected chi connectivity index (χ0v) is 13.6. The van der Waals surface area contributed by atoms with Crippen LogP contribution in [0.2, 0.25) is 0 Å². The molecular formula is C18H17F2NO4. The quantitative estimate of drug-likeness (QED) is 0.524. The number of ketones is 2. The summed E-state index contributed by atoms with van der Waals surface area (Å²) in [6.45, 7) is 5.37. The van der Waals surface area contributed by atoms with Gasteiger partial charge in [-0.05, 0) is 30.7 Å². The number of benzene rings is 1. The van der Waals surface area contributed by atoms with Crippen molar-refractivity contribution in [1.82, 2.24) is 0 Å². The summed E-state index contributed by atoms with van der Waals surface area (Å²) in [6.07, 6.45) is 1.49. The zero-order chi connectivity index (χ0) is 18.4. The van der Waals surface area contributed by atoms with E-state index in [0.717, 1.165) is 6.42 Å². The minimum Gasteiger partial charge on any atom is -0.395 e. The molecule has 0 radical (unpaired) electrons. The molecule has 0 aromatic heterocycles. The van der Waals surface area contributed by atoms with Crippen LogP contribution in [0.3, 0.4) is 0 Å². The lowest BCUT2D eigenvalue weighted by Crippen LogP contribution is -2.25. The Labute approximate surface area is 143 Å². The van der Waals surface area contributed by atoms with Gasteiger partial charge in [0.25, 0.3) is 0 Å². The van der Waals surface area contributed by atoms with Crippen LogP contribution in [0.4, 0.5) is 8.78 Å². The van der Waals surface area contributed by atoms with E-state index in [1.165, 1.54) is 24.4 Å². The zero-order valence-electron chi connectivity index (χ0n) is 13.6. The van der Waals surface area contributed by atoms with Crippen molar-refractivity contribution >= 4 is 17.3 Å². The first kappa shape index (κ1) is 18.5. The molecule has 1 aliphatic rings. The standard InChI is InChI=1S/C18H17F2NO4/c1-3-5-6-13(21-4-2)15(23)9-8-14(22)12-7-10-16-17(11-12)25-18(19,20)24-16/h4-7,10-11H,2-3,8-9H2,1H3/b6-5-,21-13?. The van der Waals surface area contributed by atoms with Gasteiger partial charge < -0.3 is 9.47 Å². The molecule has 0 saturated carbocycles. The van der Waals surface area contributed by atoms with E-state index in [2.05, 4.69) is 21.0 Å². The second-order valence-corrected chi connectivity index (χ2v) is 5.18. The summed E-state index contributed by atoms with van der Waals surface area (Å²) < 4.78 is 34.6. The monoisotopic (exact) mass is 349 g/mol. The van der Waals surface area contributed by atoms with Crippen LogP contribution in [0.1, 0.15) is 36.5 Å². The summed E-state index contributed by atoms with van der Waals surface area (Å²) in [5.41, 5.74) is 0.383. The van der Waals surface area contributed by atoms with Crippen LogP contribution in [0.5, 0.6) is 11.5 Å². The van der Waals surface area contributed by atoms with Crippen LogP contribution in [0.25, 0.3) is 0 Å². The fraction of sp³-hybridized carbons (Fsp3) is 0.278. The molecule has 1 heterocycles. The number of halogens is 2. The van der Waals surface area contributed by atoms with Crippen LogP contribution < -0.4 is 9.47 Å². The molecule has 132 valence electrons. The third-order valence-electron chi connectivity index (χ3n) is 3.33. The maximum Gasteiger partial charge on any atom is 0.586 e. The normalized spacial score (nSPS) is 15.4. The number of Topliss-reactive ketones (excluding diaryl/α,β-unsaturated/α-hetero) is 2. The third-order valence-corrected chi connectivity index (χ3v) is 3.33. The van der Waals surface area contributed by atoms with Crippen LogP contribution in [-0.2, 0) is 4.79 Å². The maximum atomic E-state index is 13.0. The second kappa shape index (κ2) is 7.83. The van der Waals surface area contributed by atoms with Gasteiger partial charge in [0, 0.05) is 24.6 Å². The Morgan fingerprint density at radius 3 is 2.64 bits per heavy atom. The van der Waals surface area contributed by atoms with Crippen molar-refractivity contribution in [2.75, 3.05) is 0 Å². The molecule has 0 unspecified atom stereocenters. The van der Waals surface area contributed by atoms with Gasteiger partial charge in [0.2, 0.25) is 0 Å². The lowest BCUT2D eigenvalue weighted by molar-refractivity contribution is -0.286. The van der Waals surface area contributed by atoms with Crippen molar-refractivity contribution in [1.29, 1.82) is 0 Å². The average Bonchev–Trinajstić information content (AvgIpc) is 2.88. The van der Waals surface area contributed by atoms with Gasteiger partial charge in [-0.3, -0.25) is 14.6 Å². The predicted octanol–water partition coefficient (Wildman–Crippen LogP) is 4.09. The summed E-state index contributed by atoms with van der Waals surface area (Å²) in [6, 6.07) is 3.77. The molecule has 0 saturated heterocycles. The molecule has 0 N–H and O–H groups in total. The van der Waals surface area contributed by atoms with Gasteiger partial charge in [-0.15, -0.1) is 8.78 Å². The highest BCUT2D eigenvalue weighted by Crippen LogP contribution is 2.41. The number of carbonyl (C=O) groups excluding carboxylic acids is 2. The molecule has 25 heavy (non-hydrogen) atoms. The highest BCUT2D eigenvalue weighted by molar-refractivity contribution is 6.44. The number of allylic oxidation sites excluding steroid dienone is 2. The second-order valence-electron chi connectivity index (χ2n) is 5.18. The molecule has 7 heteroatoms. The Balaban J connectivity index is 2.01. The van der Waals surface area contributed by atoms with Crippen LogP contribution in [0, 0.1) is 0 Å². The number of aliphatic imine (C=N–C) groups is 1. The fourth-order valence-electron chi connectivity index (χ4n) is 2.16. The minimum atomic E-state index is -3.73. The van der Waals surface area contributed by atoms with E-state index in [1.807, 2.05) is 6.92 Å². The van der Waals surface area contributed by atoms with Gasteiger partial charge in [0.05, 0.1) is 0 Å². The van der Waals surface area contributed by atoms with Gasteiger partial charge in [0.1, 0.15) is 5.71 Å². The van der Waals surface area contributed by atoms with E-state index in [9.17, 15) is 18.4 Å². The van der Waals surface area contributed by atoms with Crippen LogP contribution >= 0.6 is 0 Å². The van der Waals surface area contributed by atoms with Crippen LogP contribution in [-0.4, -0.2) is 23.6 Å². The molecule has 0 bridgehead atoms. The molecule has 1 aromatic carbocycles. The molecule has 0 atom stereocenters. The Hall–Kier alpha value is -2.83. The average molecular weight is 349 g/mol. The number of nitrogens with zero attached hydrogens (tertiary/aromatic N) is 1. The Bertz CT molecular complexity index is 753. The minimum absolute atomic E-state index is 0.0514. The first-order chi connectivity index (χ1) is 11.9. The van der Waals surface area contributed by atoms with Crippen molar-refractivity contribution in [3.05, 3.63) is 48.7 Å². The van der Waals surface area contributed by atoms with Crippen molar-refractivity contribution in [3.63, 3.8) is 0 Å². The number of ether oxygens (including phenoxy) is 2. The van der Waals surface area contributed by atoms with Gasteiger partial charge in [0.15, 0.2) is 23.1 Å². The SMILES string of the molecule is C=CN=C(/C=C\CC)C(=O)CCC(=O)c1ccc2c(c1)OC(F)(F)O2. The molecule has 0 spiro atoms. The Morgan fingerprint density at radius 1 is 1.24 bits per heavy atom. The fourth-order valence-corrected chi connectivity index (χ4v) is 2.16.